The number of hydrogen-bond acceptors (Lipinski definition) is 0. The van der Waals surface area contributed by atoms with Crippen molar-refractivity contribution in [3.8, 4) is 0 Å². The third-order valence-corrected chi connectivity index (χ3v) is 8.16. The van der Waals surface area contributed by atoms with Crippen molar-refractivity contribution in [2.45, 2.75) is 70.9 Å². The SMILES string of the molecule is CC(C)(C)P(C(C)(C)C)C(C)(C)CBr.[Pd+]. The van der Waals surface area contributed by atoms with Gasteiger partial charge in [0.05, 0.1) is 0 Å². The van der Waals surface area contributed by atoms with Crippen LogP contribution in [0.4, 0.5) is 0 Å². The van der Waals surface area contributed by atoms with E-state index in [2.05, 4.69) is 71.3 Å². The standard InChI is InChI=1S/C12H26BrP.Pd/c1-10(2,3)14(11(4,5)6)12(7,8)9-13;/h9H2,1-8H3;/q;+1. The molecule has 0 aromatic heterocycles. The molecule has 0 aliphatic carbocycles. The largest absolute Gasteiger partial charge is 1.00 e. The van der Waals surface area contributed by atoms with E-state index in [0.717, 1.165) is 5.33 Å². The summed E-state index contributed by atoms with van der Waals surface area (Å²) in [6, 6.07) is 0. The Morgan fingerprint density at radius 1 is 0.800 bits per heavy atom. The Morgan fingerprint density at radius 2 is 1.07 bits per heavy atom. The van der Waals surface area contributed by atoms with Gasteiger partial charge < -0.3 is 0 Å². The quantitative estimate of drug-likeness (QED) is 0.345. The van der Waals surface area contributed by atoms with Crippen LogP contribution in [0, 0.1) is 0 Å². The Balaban J connectivity index is 0. The molecular weight excluding hydrogens is 361 g/mol. The summed E-state index contributed by atoms with van der Waals surface area (Å²) in [5.41, 5.74) is 0. The smallest absolute Gasteiger partial charge is 0.0918 e. The summed E-state index contributed by atoms with van der Waals surface area (Å²) in [6.45, 7) is 19.1. The summed E-state index contributed by atoms with van der Waals surface area (Å²) in [7, 11) is -0.0330. The zero-order chi connectivity index (χ0) is 11.8. The van der Waals surface area contributed by atoms with Crippen LogP contribution in [0.5, 0.6) is 0 Å². The van der Waals surface area contributed by atoms with E-state index >= 15 is 0 Å². The molecule has 0 aromatic rings. The van der Waals surface area contributed by atoms with Crippen LogP contribution in [0.25, 0.3) is 0 Å². The molecule has 0 aliphatic heterocycles. The van der Waals surface area contributed by atoms with Crippen LogP contribution in [0.15, 0.2) is 0 Å². The van der Waals surface area contributed by atoms with E-state index in [9.17, 15) is 0 Å². The second-order valence-corrected chi connectivity index (χ2v) is 11.7. The van der Waals surface area contributed by atoms with Crippen LogP contribution in [0.3, 0.4) is 0 Å². The summed E-state index contributed by atoms with van der Waals surface area (Å²) in [6.07, 6.45) is 0. The van der Waals surface area contributed by atoms with Gasteiger partial charge >= 0.3 is 20.4 Å². The summed E-state index contributed by atoms with van der Waals surface area (Å²) in [4.78, 5) is 0. The molecule has 0 heterocycles. The first-order chi connectivity index (χ1) is 5.93. The zero-order valence-electron chi connectivity index (χ0n) is 11.3. The van der Waals surface area contributed by atoms with Gasteiger partial charge in [-0.25, -0.2) is 0 Å². The molecule has 0 amide bonds. The molecule has 0 saturated heterocycles. The van der Waals surface area contributed by atoms with Gasteiger partial charge in [0.2, 0.25) is 0 Å². The number of hydrogen-bond donors (Lipinski definition) is 0. The van der Waals surface area contributed by atoms with Crippen LogP contribution in [-0.4, -0.2) is 20.8 Å². The van der Waals surface area contributed by atoms with Gasteiger partial charge in [0, 0.05) is 5.33 Å². The van der Waals surface area contributed by atoms with E-state index in [4.69, 9.17) is 0 Å². The third kappa shape index (κ3) is 5.63. The van der Waals surface area contributed by atoms with Crippen LogP contribution in [-0.2, 0) is 20.4 Å². The molecule has 0 fully saturated rings. The van der Waals surface area contributed by atoms with Crippen molar-refractivity contribution in [2.24, 2.45) is 0 Å². The molecule has 0 bridgehead atoms. The van der Waals surface area contributed by atoms with E-state index in [0.29, 0.717) is 15.5 Å². The van der Waals surface area contributed by atoms with E-state index in [1.807, 2.05) is 0 Å². The fourth-order valence-corrected chi connectivity index (χ4v) is 9.40. The fourth-order valence-electron chi connectivity index (χ4n) is 2.88. The average Bonchev–Trinajstić information content (AvgIpc) is 1.79. The first-order valence-corrected chi connectivity index (χ1v) is 7.75. The predicted octanol–water partition coefficient (Wildman–Crippen LogP) is 5.24. The molecule has 0 atom stereocenters. The Hall–Kier alpha value is 1.57. The van der Waals surface area contributed by atoms with Crippen molar-refractivity contribution in [1.29, 1.82) is 0 Å². The molecule has 1 radical (unpaired) electrons. The fraction of sp³-hybridized carbons (Fsp3) is 1.00. The Bertz CT molecular complexity index is 175. The summed E-state index contributed by atoms with van der Waals surface area (Å²) < 4.78 is 0. The molecule has 95 valence electrons. The van der Waals surface area contributed by atoms with E-state index in [1.165, 1.54) is 0 Å². The molecule has 0 aliphatic rings. The van der Waals surface area contributed by atoms with Crippen molar-refractivity contribution in [2.75, 3.05) is 5.33 Å². The third-order valence-electron chi connectivity index (χ3n) is 2.27. The monoisotopic (exact) mass is 386 g/mol. The van der Waals surface area contributed by atoms with Gasteiger partial charge in [-0.1, -0.05) is 79.2 Å². The maximum Gasteiger partial charge on any atom is 1.00 e. The maximum absolute atomic E-state index is 3.67. The topological polar surface area (TPSA) is 0 Å². The first kappa shape index (κ1) is 18.9. The summed E-state index contributed by atoms with van der Waals surface area (Å²) in [5.74, 6) is 0. The molecule has 0 N–H and O–H groups in total. The van der Waals surface area contributed by atoms with Crippen LogP contribution >= 0.6 is 23.9 Å². The summed E-state index contributed by atoms with van der Waals surface area (Å²) in [5, 5.41) is 2.35. The van der Waals surface area contributed by atoms with Gasteiger partial charge in [-0.2, -0.15) is 0 Å². The van der Waals surface area contributed by atoms with Crippen molar-refractivity contribution >= 4 is 23.9 Å². The normalized spacial score (nSPS) is 14.0. The van der Waals surface area contributed by atoms with Crippen molar-refractivity contribution in [3.63, 3.8) is 0 Å². The minimum Gasteiger partial charge on any atom is -0.0918 e. The molecule has 0 spiro atoms. The van der Waals surface area contributed by atoms with Crippen molar-refractivity contribution < 1.29 is 20.4 Å². The van der Waals surface area contributed by atoms with Gasteiger partial charge in [-0.05, 0) is 15.5 Å². The zero-order valence-corrected chi connectivity index (χ0v) is 15.4. The molecule has 15 heavy (non-hydrogen) atoms. The van der Waals surface area contributed by atoms with Gasteiger partial charge in [0.1, 0.15) is 0 Å². The van der Waals surface area contributed by atoms with Gasteiger partial charge in [-0.15, -0.1) is 0 Å². The second kappa shape index (κ2) is 5.95. The second-order valence-electron chi connectivity index (χ2n) is 6.62. The Labute approximate surface area is 120 Å². The van der Waals surface area contributed by atoms with Crippen LogP contribution < -0.4 is 0 Å². The molecule has 0 unspecified atom stereocenters. The summed E-state index contributed by atoms with van der Waals surface area (Å²) >= 11 is 3.67. The minimum atomic E-state index is -0.0330. The Kier molecular flexibility index (Phi) is 7.51. The number of alkyl halides is 1. The van der Waals surface area contributed by atoms with Gasteiger partial charge in [0.15, 0.2) is 0 Å². The number of halogens is 1. The predicted molar refractivity (Wildman–Crippen MR) is 74.3 cm³/mol. The Morgan fingerprint density at radius 3 is 1.13 bits per heavy atom. The first-order valence-electron chi connectivity index (χ1n) is 5.29. The molecule has 0 saturated carbocycles. The van der Waals surface area contributed by atoms with E-state index < -0.39 is 0 Å². The van der Waals surface area contributed by atoms with Gasteiger partial charge in [-0.3, -0.25) is 0 Å². The minimum absolute atomic E-state index is 0. The number of rotatable bonds is 2. The van der Waals surface area contributed by atoms with Crippen LogP contribution in [0.2, 0.25) is 0 Å². The van der Waals surface area contributed by atoms with Gasteiger partial charge in [0.25, 0.3) is 0 Å². The van der Waals surface area contributed by atoms with Crippen LogP contribution in [0.1, 0.15) is 55.4 Å². The molecule has 0 aromatic carbocycles. The maximum atomic E-state index is 3.67. The van der Waals surface area contributed by atoms with Crippen molar-refractivity contribution in [1.82, 2.24) is 0 Å². The molecular formula is C12H26BrPPd+. The molecule has 3 heteroatoms. The molecule has 0 rings (SSSR count). The van der Waals surface area contributed by atoms with Crippen molar-refractivity contribution in [3.05, 3.63) is 0 Å². The average molecular weight is 388 g/mol. The van der Waals surface area contributed by atoms with E-state index in [-0.39, 0.29) is 28.3 Å². The molecule has 0 nitrogen and oxygen atoms in total. The van der Waals surface area contributed by atoms with E-state index in [1.54, 1.807) is 0 Å².